The summed E-state index contributed by atoms with van der Waals surface area (Å²) >= 11 is 0. The van der Waals surface area contributed by atoms with Crippen molar-refractivity contribution in [3.63, 3.8) is 0 Å². The van der Waals surface area contributed by atoms with Gasteiger partial charge in [0.2, 0.25) is 5.91 Å². The van der Waals surface area contributed by atoms with Gasteiger partial charge in [0.15, 0.2) is 5.78 Å². The molecule has 0 aliphatic carbocycles. The second-order valence-electron chi connectivity index (χ2n) is 9.57. The molecule has 3 aromatic rings. The zero-order valence-electron chi connectivity index (χ0n) is 20.8. The predicted molar refractivity (Wildman–Crippen MR) is 138 cm³/mol. The van der Waals surface area contributed by atoms with Gasteiger partial charge in [0.25, 0.3) is 5.56 Å². The Hall–Kier alpha value is -3.58. The lowest BCUT2D eigenvalue weighted by molar-refractivity contribution is -0.130. The molecule has 0 bridgehead atoms. The fourth-order valence-electron chi connectivity index (χ4n) is 4.78. The van der Waals surface area contributed by atoms with Gasteiger partial charge in [0.05, 0.1) is 12.1 Å². The number of hydrogen-bond donors (Lipinski definition) is 2. The molecule has 2 aromatic carbocycles. The van der Waals surface area contributed by atoms with Crippen LogP contribution in [0.25, 0.3) is 11.1 Å². The summed E-state index contributed by atoms with van der Waals surface area (Å²) in [7, 11) is 0. The van der Waals surface area contributed by atoms with Gasteiger partial charge in [-0.15, -0.1) is 0 Å². The third kappa shape index (κ3) is 5.16. The van der Waals surface area contributed by atoms with Crippen molar-refractivity contribution in [3.05, 3.63) is 94.2 Å². The monoisotopic (exact) mass is 489 g/mol. The van der Waals surface area contributed by atoms with Crippen LogP contribution in [-0.2, 0) is 9.59 Å². The van der Waals surface area contributed by atoms with Gasteiger partial charge in [-0.25, -0.2) is 4.39 Å². The second kappa shape index (κ2) is 11.0. The summed E-state index contributed by atoms with van der Waals surface area (Å²) in [4.78, 5) is 39.6. The van der Waals surface area contributed by atoms with Crippen LogP contribution in [0.2, 0.25) is 0 Å². The molecular weight excluding hydrogens is 457 g/mol. The first-order valence-electron chi connectivity index (χ1n) is 12.4. The maximum atomic E-state index is 16.0. The summed E-state index contributed by atoms with van der Waals surface area (Å²) in [6.07, 6.45) is 3.06. The summed E-state index contributed by atoms with van der Waals surface area (Å²) in [5.74, 6) is -1.20. The summed E-state index contributed by atoms with van der Waals surface area (Å²) in [6, 6.07) is 14.7. The van der Waals surface area contributed by atoms with Crippen LogP contribution in [0.3, 0.4) is 0 Å². The maximum absolute atomic E-state index is 16.0. The largest absolute Gasteiger partial charge is 0.341 e. The fourth-order valence-corrected chi connectivity index (χ4v) is 4.78. The number of nitrogens with one attached hydrogen (secondary N) is 2. The molecule has 36 heavy (non-hydrogen) atoms. The molecule has 0 radical (unpaired) electrons. The van der Waals surface area contributed by atoms with Crippen molar-refractivity contribution < 1.29 is 14.0 Å². The van der Waals surface area contributed by atoms with E-state index >= 15 is 4.39 Å². The molecule has 1 aliphatic rings. The van der Waals surface area contributed by atoms with Gasteiger partial charge < -0.3 is 15.2 Å². The summed E-state index contributed by atoms with van der Waals surface area (Å²) in [5, 5.41) is 6.05. The quantitative estimate of drug-likeness (QED) is 0.488. The number of halogens is 1. The van der Waals surface area contributed by atoms with Gasteiger partial charge >= 0.3 is 0 Å². The number of amides is 1. The van der Waals surface area contributed by atoms with Crippen molar-refractivity contribution in [2.45, 2.75) is 57.7 Å². The van der Waals surface area contributed by atoms with Gasteiger partial charge in [-0.2, -0.15) is 0 Å². The number of carbonyl (C=O) groups excluding carboxylic acids is 2. The molecule has 1 aliphatic heterocycles. The Labute approximate surface area is 210 Å². The molecule has 0 spiro atoms. The molecule has 4 rings (SSSR count). The third-order valence-electron chi connectivity index (χ3n) is 6.83. The minimum atomic E-state index is -1.15. The van der Waals surface area contributed by atoms with E-state index in [0.717, 1.165) is 13.0 Å². The molecule has 3 atom stereocenters. The molecular formula is C29H32FN3O3. The highest BCUT2D eigenvalue weighted by atomic mass is 19.1. The second-order valence-corrected chi connectivity index (χ2v) is 9.57. The van der Waals surface area contributed by atoms with Crippen LogP contribution >= 0.6 is 0 Å². The molecule has 6 nitrogen and oxygen atoms in total. The topological polar surface area (TPSA) is 80.2 Å². The van der Waals surface area contributed by atoms with E-state index in [-0.39, 0.29) is 22.9 Å². The van der Waals surface area contributed by atoms with Crippen molar-refractivity contribution >= 4 is 11.7 Å². The predicted octanol–water partition coefficient (Wildman–Crippen LogP) is 4.52. The number of rotatable bonds is 8. The van der Waals surface area contributed by atoms with E-state index in [1.54, 1.807) is 49.5 Å². The van der Waals surface area contributed by atoms with Crippen LogP contribution in [0.4, 0.5) is 4.39 Å². The number of ketones is 1. The highest BCUT2D eigenvalue weighted by molar-refractivity contribution is 5.95. The van der Waals surface area contributed by atoms with Crippen LogP contribution in [-0.4, -0.2) is 28.8 Å². The molecule has 1 aromatic heterocycles. The molecule has 1 saturated heterocycles. The van der Waals surface area contributed by atoms with E-state index in [1.165, 1.54) is 10.6 Å². The van der Waals surface area contributed by atoms with Gasteiger partial charge in [-0.05, 0) is 55.0 Å². The number of aromatic nitrogens is 1. The van der Waals surface area contributed by atoms with Crippen molar-refractivity contribution in [2.24, 2.45) is 0 Å². The number of hydrogen-bond acceptors (Lipinski definition) is 4. The molecule has 1 fully saturated rings. The van der Waals surface area contributed by atoms with Gasteiger partial charge in [0.1, 0.15) is 11.9 Å². The van der Waals surface area contributed by atoms with Crippen LogP contribution in [0.15, 0.2) is 71.7 Å². The minimum Gasteiger partial charge on any atom is -0.341 e. The zero-order valence-corrected chi connectivity index (χ0v) is 20.8. The van der Waals surface area contributed by atoms with Crippen molar-refractivity contribution in [2.75, 3.05) is 6.54 Å². The van der Waals surface area contributed by atoms with E-state index < -0.39 is 29.7 Å². The van der Waals surface area contributed by atoms with Crippen LogP contribution in [0, 0.1) is 5.82 Å². The molecule has 3 unspecified atom stereocenters. The Morgan fingerprint density at radius 1 is 1.00 bits per heavy atom. The van der Waals surface area contributed by atoms with E-state index in [2.05, 4.69) is 10.6 Å². The Balaban J connectivity index is 1.86. The summed E-state index contributed by atoms with van der Waals surface area (Å²) in [6.45, 7) is 6.16. The Bertz CT molecular complexity index is 1300. The SMILES string of the molecule is CC(C)c1ccc(C(NC(=O)C2CCCN2)C(=O)C(C)n2ccccc2=O)c(-c2ccccc2)c1F. The summed E-state index contributed by atoms with van der Waals surface area (Å²) in [5.41, 5.74) is 1.47. The average Bonchev–Trinajstić information content (AvgIpc) is 3.42. The molecule has 1 amide bonds. The van der Waals surface area contributed by atoms with Crippen LogP contribution < -0.4 is 16.2 Å². The fraction of sp³-hybridized carbons (Fsp3) is 0.345. The Morgan fingerprint density at radius 2 is 1.69 bits per heavy atom. The van der Waals surface area contributed by atoms with E-state index in [0.29, 0.717) is 23.1 Å². The lowest BCUT2D eigenvalue weighted by Gasteiger charge is -2.27. The Morgan fingerprint density at radius 3 is 2.33 bits per heavy atom. The zero-order chi connectivity index (χ0) is 25.8. The molecule has 7 heteroatoms. The normalized spacial score (nSPS) is 17.1. The van der Waals surface area contributed by atoms with E-state index in [4.69, 9.17) is 0 Å². The summed E-state index contributed by atoms with van der Waals surface area (Å²) < 4.78 is 17.4. The molecule has 0 saturated carbocycles. The number of pyridine rings is 1. The first-order chi connectivity index (χ1) is 17.3. The maximum Gasteiger partial charge on any atom is 0.251 e. The van der Waals surface area contributed by atoms with Crippen molar-refractivity contribution in [3.8, 4) is 11.1 Å². The first kappa shape index (κ1) is 25.5. The van der Waals surface area contributed by atoms with E-state index in [9.17, 15) is 14.4 Å². The number of carbonyl (C=O) groups is 2. The molecule has 188 valence electrons. The first-order valence-corrected chi connectivity index (χ1v) is 12.4. The van der Waals surface area contributed by atoms with Crippen molar-refractivity contribution in [1.29, 1.82) is 0 Å². The Kier molecular flexibility index (Phi) is 7.79. The van der Waals surface area contributed by atoms with Gasteiger partial charge in [-0.3, -0.25) is 14.4 Å². The third-order valence-corrected chi connectivity index (χ3v) is 6.83. The molecule has 2 heterocycles. The lowest BCUT2D eigenvalue weighted by Crippen LogP contribution is -2.46. The van der Waals surface area contributed by atoms with Crippen LogP contribution in [0.5, 0.6) is 0 Å². The lowest BCUT2D eigenvalue weighted by atomic mass is 9.86. The van der Waals surface area contributed by atoms with Gasteiger partial charge in [0, 0.05) is 17.8 Å². The number of benzene rings is 2. The highest BCUT2D eigenvalue weighted by Gasteiger charge is 2.34. The number of Topliss-reactive ketones (excluding diaryl/α,β-unsaturated/α-hetero) is 1. The average molecular weight is 490 g/mol. The highest BCUT2D eigenvalue weighted by Crippen LogP contribution is 2.36. The minimum absolute atomic E-state index is 0.0743. The van der Waals surface area contributed by atoms with Crippen molar-refractivity contribution in [1.82, 2.24) is 15.2 Å². The van der Waals surface area contributed by atoms with E-state index in [1.807, 2.05) is 32.0 Å². The van der Waals surface area contributed by atoms with Crippen LogP contribution in [0.1, 0.15) is 62.7 Å². The molecule has 2 N–H and O–H groups in total. The standard InChI is InChI=1S/C29H32FN3O3/c1-18(2)21-14-15-22(25(26(21)30)20-10-5-4-6-11-20)27(32-29(36)23-12-9-16-31-23)28(35)19(3)33-17-8-7-13-24(33)34/h4-8,10-11,13-15,17-19,23,27,31H,9,12,16H2,1-3H3,(H,32,36). The number of nitrogens with zero attached hydrogens (tertiary/aromatic N) is 1. The van der Waals surface area contributed by atoms with Gasteiger partial charge in [-0.1, -0.05) is 62.4 Å². The smallest absolute Gasteiger partial charge is 0.251 e.